The van der Waals surface area contributed by atoms with Crippen molar-refractivity contribution in [2.75, 3.05) is 17.2 Å². The fourth-order valence-electron chi connectivity index (χ4n) is 2.37. The smallest absolute Gasteiger partial charge is 0.319 e. The van der Waals surface area contributed by atoms with Crippen molar-refractivity contribution in [2.45, 2.75) is 47.1 Å². The molecule has 0 saturated carbocycles. The summed E-state index contributed by atoms with van der Waals surface area (Å²) in [4.78, 5) is 36.2. The molecule has 26 heavy (non-hydrogen) atoms. The van der Waals surface area contributed by atoms with Gasteiger partial charge in [0.2, 0.25) is 11.8 Å². The summed E-state index contributed by atoms with van der Waals surface area (Å²) in [5, 5.41) is 10.9. The van der Waals surface area contributed by atoms with Crippen molar-refractivity contribution in [3.63, 3.8) is 0 Å². The second-order valence-electron chi connectivity index (χ2n) is 6.94. The summed E-state index contributed by atoms with van der Waals surface area (Å²) in [6.07, 6.45) is 0.377. The summed E-state index contributed by atoms with van der Waals surface area (Å²) in [5.74, 6) is -0.251. The molecule has 1 rings (SSSR count). The van der Waals surface area contributed by atoms with Crippen LogP contribution in [-0.4, -0.2) is 30.4 Å². The quantitative estimate of drug-likeness (QED) is 0.572. The second kappa shape index (κ2) is 10.4. The fraction of sp³-hybridized carbons (Fsp3) is 0.526. The Hall–Kier alpha value is -2.57. The molecule has 0 bridgehead atoms. The number of urea groups is 1. The van der Waals surface area contributed by atoms with E-state index >= 15 is 0 Å². The molecule has 4 amide bonds. The first-order valence-electron chi connectivity index (χ1n) is 8.98. The largest absolute Gasteiger partial charge is 0.344 e. The number of nitrogens with one attached hydrogen (secondary N) is 4. The van der Waals surface area contributed by atoms with Crippen molar-refractivity contribution in [3.8, 4) is 0 Å². The zero-order valence-corrected chi connectivity index (χ0v) is 16.2. The molecule has 0 saturated heterocycles. The highest BCUT2D eigenvalue weighted by molar-refractivity contribution is 5.98. The van der Waals surface area contributed by atoms with Gasteiger partial charge in [-0.2, -0.15) is 0 Å². The Morgan fingerprint density at radius 1 is 1.00 bits per heavy atom. The zero-order valence-electron chi connectivity index (χ0n) is 16.2. The summed E-state index contributed by atoms with van der Waals surface area (Å²) in [6, 6.07) is 5.93. The van der Waals surface area contributed by atoms with E-state index in [1.807, 2.05) is 34.6 Å². The van der Waals surface area contributed by atoms with E-state index in [9.17, 15) is 14.4 Å². The molecule has 144 valence electrons. The van der Waals surface area contributed by atoms with E-state index in [0.717, 1.165) is 0 Å². The van der Waals surface area contributed by atoms with Crippen molar-refractivity contribution >= 4 is 29.2 Å². The van der Waals surface area contributed by atoms with Crippen molar-refractivity contribution in [1.29, 1.82) is 0 Å². The Morgan fingerprint density at radius 2 is 1.62 bits per heavy atom. The highest BCUT2D eigenvalue weighted by Crippen LogP contribution is 2.16. The van der Waals surface area contributed by atoms with Gasteiger partial charge in [-0.15, -0.1) is 0 Å². The molecule has 4 N–H and O–H groups in total. The Balaban J connectivity index is 2.76. The first-order valence-corrected chi connectivity index (χ1v) is 8.98. The summed E-state index contributed by atoms with van der Waals surface area (Å²) in [7, 11) is 0. The molecule has 0 fully saturated rings. The molecule has 0 aliphatic heterocycles. The van der Waals surface area contributed by atoms with Crippen LogP contribution >= 0.6 is 0 Å². The molecule has 1 aromatic rings. The first-order chi connectivity index (χ1) is 12.2. The van der Waals surface area contributed by atoms with Crippen LogP contribution in [0.25, 0.3) is 0 Å². The van der Waals surface area contributed by atoms with Crippen molar-refractivity contribution in [3.05, 3.63) is 24.3 Å². The predicted molar refractivity (Wildman–Crippen MR) is 104 cm³/mol. The Bertz CT molecular complexity index is 629. The summed E-state index contributed by atoms with van der Waals surface area (Å²) < 4.78 is 0. The van der Waals surface area contributed by atoms with Gasteiger partial charge in [-0.05, 0) is 37.0 Å². The Kier molecular flexibility index (Phi) is 8.61. The van der Waals surface area contributed by atoms with Crippen LogP contribution in [0, 0.1) is 11.8 Å². The van der Waals surface area contributed by atoms with E-state index in [0.29, 0.717) is 24.3 Å². The van der Waals surface area contributed by atoms with Gasteiger partial charge in [-0.3, -0.25) is 9.59 Å². The average Bonchev–Trinajstić information content (AvgIpc) is 2.52. The van der Waals surface area contributed by atoms with Crippen LogP contribution < -0.4 is 21.3 Å². The van der Waals surface area contributed by atoms with Gasteiger partial charge in [-0.1, -0.05) is 33.8 Å². The van der Waals surface area contributed by atoms with Crippen LogP contribution in [0.1, 0.15) is 41.0 Å². The van der Waals surface area contributed by atoms with Gasteiger partial charge in [0.05, 0.1) is 0 Å². The minimum absolute atomic E-state index is 0.0530. The van der Waals surface area contributed by atoms with Crippen LogP contribution in [0.3, 0.4) is 0 Å². The summed E-state index contributed by atoms with van der Waals surface area (Å²) in [5.41, 5.74) is 1.12. The lowest BCUT2D eigenvalue weighted by Gasteiger charge is -2.22. The number of rotatable bonds is 8. The highest BCUT2D eigenvalue weighted by Gasteiger charge is 2.24. The lowest BCUT2D eigenvalue weighted by molar-refractivity contribution is -0.127. The first kappa shape index (κ1) is 21.5. The fourth-order valence-corrected chi connectivity index (χ4v) is 2.37. The molecular formula is C19H30N4O3. The lowest BCUT2D eigenvalue weighted by Crippen LogP contribution is -2.47. The second-order valence-corrected chi connectivity index (χ2v) is 6.94. The minimum Gasteiger partial charge on any atom is -0.344 e. The van der Waals surface area contributed by atoms with Gasteiger partial charge in [0.25, 0.3) is 0 Å². The molecule has 0 heterocycles. The third-order valence-electron chi connectivity index (χ3n) is 3.58. The predicted octanol–water partition coefficient (Wildman–Crippen LogP) is 2.95. The maximum atomic E-state index is 12.6. The number of carbonyl (C=O) groups excluding carboxylic acids is 3. The Morgan fingerprint density at radius 3 is 2.15 bits per heavy atom. The van der Waals surface area contributed by atoms with E-state index in [1.54, 1.807) is 24.3 Å². The van der Waals surface area contributed by atoms with Crippen LogP contribution in [0.15, 0.2) is 24.3 Å². The third-order valence-corrected chi connectivity index (χ3v) is 3.58. The molecule has 0 radical (unpaired) electrons. The third kappa shape index (κ3) is 7.55. The van der Waals surface area contributed by atoms with Crippen molar-refractivity contribution in [1.82, 2.24) is 10.6 Å². The number of hydrogen-bond acceptors (Lipinski definition) is 3. The van der Waals surface area contributed by atoms with E-state index in [1.165, 1.54) is 0 Å². The van der Waals surface area contributed by atoms with Crippen LogP contribution in [0.4, 0.5) is 16.2 Å². The van der Waals surface area contributed by atoms with Crippen LogP contribution in [0.5, 0.6) is 0 Å². The van der Waals surface area contributed by atoms with E-state index in [-0.39, 0.29) is 29.7 Å². The molecule has 1 unspecified atom stereocenters. The zero-order chi connectivity index (χ0) is 19.7. The molecule has 1 atom stereocenters. The van der Waals surface area contributed by atoms with Gasteiger partial charge in [0.1, 0.15) is 6.04 Å². The van der Waals surface area contributed by atoms with Gasteiger partial charge >= 0.3 is 6.03 Å². The minimum atomic E-state index is -0.624. The van der Waals surface area contributed by atoms with E-state index in [4.69, 9.17) is 0 Å². The average molecular weight is 362 g/mol. The molecule has 1 aromatic carbocycles. The van der Waals surface area contributed by atoms with E-state index in [2.05, 4.69) is 21.3 Å². The molecular weight excluding hydrogens is 332 g/mol. The van der Waals surface area contributed by atoms with Gasteiger partial charge in [0, 0.05) is 24.3 Å². The summed E-state index contributed by atoms with van der Waals surface area (Å²) in [6.45, 7) is 10.0. The molecule has 7 heteroatoms. The van der Waals surface area contributed by atoms with Crippen molar-refractivity contribution < 1.29 is 14.4 Å². The van der Waals surface area contributed by atoms with Crippen LogP contribution in [0.2, 0.25) is 0 Å². The monoisotopic (exact) mass is 362 g/mol. The molecule has 0 spiro atoms. The number of hydrogen-bond donors (Lipinski definition) is 4. The molecule has 7 nitrogen and oxygen atoms in total. The van der Waals surface area contributed by atoms with Gasteiger partial charge in [0.15, 0.2) is 0 Å². The number of anilines is 2. The maximum Gasteiger partial charge on any atom is 0.319 e. The topological polar surface area (TPSA) is 99.3 Å². The van der Waals surface area contributed by atoms with Crippen molar-refractivity contribution in [2.24, 2.45) is 11.8 Å². The lowest BCUT2D eigenvalue weighted by atomic mass is 10.0. The van der Waals surface area contributed by atoms with Gasteiger partial charge in [-0.25, -0.2) is 4.79 Å². The number of amides is 4. The van der Waals surface area contributed by atoms with Gasteiger partial charge < -0.3 is 21.3 Å². The summed E-state index contributed by atoms with van der Waals surface area (Å²) >= 11 is 0. The molecule has 0 aliphatic carbocycles. The number of carbonyl (C=O) groups is 3. The molecule has 0 aliphatic rings. The Labute approximate surface area is 155 Å². The van der Waals surface area contributed by atoms with E-state index < -0.39 is 6.04 Å². The number of benzene rings is 1. The normalized spacial score (nSPS) is 11.8. The highest BCUT2D eigenvalue weighted by atomic mass is 16.2. The standard InChI is InChI=1S/C19H30N4O3/c1-6-20-19(26)22-15-9-7-8-14(11-15)21-18(25)17(13(4)5)23-16(24)10-12(2)3/h7-9,11-13,17H,6,10H2,1-5H3,(H,21,25)(H,23,24)(H2,20,22,26). The van der Waals surface area contributed by atoms with Crippen LogP contribution in [-0.2, 0) is 9.59 Å². The maximum absolute atomic E-state index is 12.6. The SMILES string of the molecule is CCNC(=O)Nc1cccc(NC(=O)C(NC(=O)CC(C)C)C(C)C)c1. The molecule has 0 aromatic heterocycles.